The SMILES string of the molecule is Cc1ccc(S[C@H](C)C(=O)NCCCc2ccccc2)cc1. The van der Waals surface area contributed by atoms with Crippen molar-refractivity contribution < 1.29 is 4.79 Å². The molecule has 1 atom stereocenters. The van der Waals surface area contributed by atoms with E-state index in [1.54, 1.807) is 11.8 Å². The van der Waals surface area contributed by atoms with Crippen LogP contribution in [0.2, 0.25) is 0 Å². The Kier molecular flexibility index (Phi) is 6.53. The molecule has 1 amide bonds. The van der Waals surface area contributed by atoms with Crippen LogP contribution in [0.5, 0.6) is 0 Å². The molecule has 0 unspecified atom stereocenters. The highest BCUT2D eigenvalue weighted by molar-refractivity contribution is 8.00. The van der Waals surface area contributed by atoms with Crippen LogP contribution in [0, 0.1) is 6.92 Å². The summed E-state index contributed by atoms with van der Waals surface area (Å²) < 4.78 is 0. The van der Waals surface area contributed by atoms with E-state index in [-0.39, 0.29) is 11.2 Å². The van der Waals surface area contributed by atoms with Gasteiger partial charge < -0.3 is 5.32 Å². The summed E-state index contributed by atoms with van der Waals surface area (Å²) in [7, 11) is 0. The zero-order valence-electron chi connectivity index (χ0n) is 13.2. The van der Waals surface area contributed by atoms with Crippen LogP contribution in [0.15, 0.2) is 59.5 Å². The second-order valence-electron chi connectivity index (χ2n) is 5.45. The van der Waals surface area contributed by atoms with Crippen molar-refractivity contribution in [1.29, 1.82) is 0 Å². The normalized spacial score (nSPS) is 11.9. The van der Waals surface area contributed by atoms with Crippen molar-refractivity contribution in [2.24, 2.45) is 0 Å². The van der Waals surface area contributed by atoms with Gasteiger partial charge in [0.2, 0.25) is 5.91 Å². The van der Waals surface area contributed by atoms with Gasteiger partial charge in [-0.25, -0.2) is 0 Å². The van der Waals surface area contributed by atoms with Crippen molar-refractivity contribution in [2.75, 3.05) is 6.54 Å². The van der Waals surface area contributed by atoms with Gasteiger partial charge in [-0.05, 0) is 44.4 Å². The lowest BCUT2D eigenvalue weighted by Crippen LogP contribution is -2.31. The van der Waals surface area contributed by atoms with Gasteiger partial charge in [-0.1, -0.05) is 48.0 Å². The van der Waals surface area contributed by atoms with Crippen molar-refractivity contribution in [3.8, 4) is 0 Å². The lowest BCUT2D eigenvalue weighted by Gasteiger charge is -2.12. The van der Waals surface area contributed by atoms with E-state index in [2.05, 4.69) is 48.6 Å². The van der Waals surface area contributed by atoms with Crippen LogP contribution < -0.4 is 5.32 Å². The molecule has 2 nitrogen and oxygen atoms in total. The quantitative estimate of drug-likeness (QED) is 0.612. The molecule has 0 aromatic heterocycles. The van der Waals surface area contributed by atoms with E-state index < -0.39 is 0 Å². The number of rotatable bonds is 7. The van der Waals surface area contributed by atoms with Crippen LogP contribution in [0.4, 0.5) is 0 Å². The monoisotopic (exact) mass is 313 g/mol. The predicted molar refractivity (Wildman–Crippen MR) is 94.3 cm³/mol. The zero-order chi connectivity index (χ0) is 15.8. The van der Waals surface area contributed by atoms with Gasteiger partial charge >= 0.3 is 0 Å². The Morgan fingerprint density at radius 1 is 1.09 bits per heavy atom. The van der Waals surface area contributed by atoms with E-state index in [0.29, 0.717) is 0 Å². The first-order valence-electron chi connectivity index (χ1n) is 7.70. The molecule has 2 aromatic carbocycles. The molecule has 0 aliphatic heterocycles. The first-order chi connectivity index (χ1) is 10.6. The van der Waals surface area contributed by atoms with Gasteiger partial charge in [0.1, 0.15) is 0 Å². The smallest absolute Gasteiger partial charge is 0.233 e. The minimum atomic E-state index is -0.0700. The summed E-state index contributed by atoms with van der Waals surface area (Å²) in [5.41, 5.74) is 2.56. The molecule has 3 heteroatoms. The lowest BCUT2D eigenvalue weighted by atomic mass is 10.1. The Labute approximate surface area is 137 Å². The summed E-state index contributed by atoms with van der Waals surface area (Å²) in [6.07, 6.45) is 1.97. The fourth-order valence-electron chi connectivity index (χ4n) is 2.17. The van der Waals surface area contributed by atoms with E-state index in [1.165, 1.54) is 11.1 Å². The average Bonchev–Trinajstić information content (AvgIpc) is 2.54. The molecule has 0 aliphatic carbocycles. The number of nitrogens with one attached hydrogen (secondary N) is 1. The minimum absolute atomic E-state index is 0.0700. The third kappa shape index (κ3) is 5.57. The van der Waals surface area contributed by atoms with Gasteiger partial charge in [0.25, 0.3) is 0 Å². The number of benzene rings is 2. The number of aryl methyl sites for hydroxylation is 2. The highest BCUT2D eigenvalue weighted by Gasteiger charge is 2.13. The maximum absolute atomic E-state index is 12.1. The van der Waals surface area contributed by atoms with E-state index >= 15 is 0 Å². The first-order valence-corrected chi connectivity index (χ1v) is 8.58. The molecule has 0 aliphatic rings. The number of hydrogen-bond acceptors (Lipinski definition) is 2. The number of carbonyl (C=O) groups excluding carboxylic acids is 1. The van der Waals surface area contributed by atoms with Gasteiger partial charge in [-0.3, -0.25) is 4.79 Å². The summed E-state index contributed by atoms with van der Waals surface area (Å²) in [4.78, 5) is 13.2. The molecule has 0 saturated carbocycles. The van der Waals surface area contributed by atoms with Crippen LogP contribution in [-0.2, 0) is 11.2 Å². The average molecular weight is 313 g/mol. The summed E-state index contributed by atoms with van der Waals surface area (Å²) in [6, 6.07) is 18.7. The molecule has 1 N–H and O–H groups in total. The van der Waals surface area contributed by atoms with Gasteiger partial charge in [0.15, 0.2) is 0 Å². The fraction of sp³-hybridized carbons (Fsp3) is 0.316. The number of hydrogen-bond donors (Lipinski definition) is 1. The molecular weight excluding hydrogens is 290 g/mol. The maximum atomic E-state index is 12.1. The summed E-state index contributed by atoms with van der Waals surface area (Å²) in [6.45, 7) is 4.75. The van der Waals surface area contributed by atoms with Crippen LogP contribution >= 0.6 is 11.8 Å². The Bertz CT molecular complexity index is 580. The van der Waals surface area contributed by atoms with Crippen LogP contribution in [0.1, 0.15) is 24.5 Å². The van der Waals surface area contributed by atoms with Gasteiger partial charge in [0, 0.05) is 11.4 Å². The summed E-state index contributed by atoms with van der Waals surface area (Å²) in [5, 5.41) is 2.95. The summed E-state index contributed by atoms with van der Waals surface area (Å²) in [5.74, 6) is 0.110. The Balaban J connectivity index is 1.69. The van der Waals surface area contributed by atoms with Crippen molar-refractivity contribution >= 4 is 17.7 Å². The molecule has 0 bridgehead atoms. The van der Waals surface area contributed by atoms with Crippen molar-refractivity contribution in [2.45, 2.75) is 36.8 Å². The van der Waals surface area contributed by atoms with Crippen molar-refractivity contribution in [3.63, 3.8) is 0 Å². The van der Waals surface area contributed by atoms with E-state index in [0.717, 1.165) is 24.3 Å². The van der Waals surface area contributed by atoms with Crippen LogP contribution in [-0.4, -0.2) is 17.7 Å². The third-order valence-corrected chi connectivity index (χ3v) is 4.60. The molecule has 22 heavy (non-hydrogen) atoms. The maximum Gasteiger partial charge on any atom is 0.233 e. The molecule has 2 aromatic rings. The van der Waals surface area contributed by atoms with Gasteiger partial charge in [-0.2, -0.15) is 0 Å². The van der Waals surface area contributed by atoms with E-state index in [4.69, 9.17) is 0 Å². The van der Waals surface area contributed by atoms with Crippen molar-refractivity contribution in [1.82, 2.24) is 5.32 Å². The summed E-state index contributed by atoms with van der Waals surface area (Å²) >= 11 is 1.60. The lowest BCUT2D eigenvalue weighted by molar-refractivity contribution is -0.120. The first kappa shape index (κ1) is 16.6. The number of thioether (sulfide) groups is 1. The van der Waals surface area contributed by atoms with Gasteiger partial charge in [-0.15, -0.1) is 11.8 Å². The molecule has 0 radical (unpaired) electrons. The topological polar surface area (TPSA) is 29.1 Å². The largest absolute Gasteiger partial charge is 0.355 e. The third-order valence-electron chi connectivity index (χ3n) is 3.49. The van der Waals surface area contributed by atoms with E-state index in [9.17, 15) is 4.79 Å². The minimum Gasteiger partial charge on any atom is -0.355 e. The van der Waals surface area contributed by atoms with Crippen LogP contribution in [0.3, 0.4) is 0 Å². The molecule has 0 spiro atoms. The highest BCUT2D eigenvalue weighted by atomic mass is 32.2. The number of carbonyl (C=O) groups is 1. The van der Waals surface area contributed by atoms with Crippen LogP contribution in [0.25, 0.3) is 0 Å². The second-order valence-corrected chi connectivity index (χ2v) is 6.87. The number of amides is 1. The Hall–Kier alpha value is -1.74. The van der Waals surface area contributed by atoms with E-state index in [1.807, 2.05) is 25.1 Å². The Morgan fingerprint density at radius 3 is 2.45 bits per heavy atom. The highest BCUT2D eigenvalue weighted by Crippen LogP contribution is 2.23. The second kappa shape index (κ2) is 8.64. The Morgan fingerprint density at radius 2 is 1.77 bits per heavy atom. The molecule has 0 heterocycles. The van der Waals surface area contributed by atoms with Crippen molar-refractivity contribution in [3.05, 3.63) is 65.7 Å². The predicted octanol–water partition coefficient (Wildman–Crippen LogP) is 4.22. The molecule has 2 rings (SSSR count). The zero-order valence-corrected chi connectivity index (χ0v) is 14.0. The standard InChI is InChI=1S/C19H23NOS/c1-15-10-12-18(13-11-15)22-16(2)19(21)20-14-6-9-17-7-4-3-5-8-17/h3-5,7-8,10-13,16H,6,9,14H2,1-2H3,(H,20,21)/t16-/m1/s1. The molecular formula is C19H23NOS. The van der Waals surface area contributed by atoms with Gasteiger partial charge in [0.05, 0.1) is 5.25 Å². The molecule has 0 saturated heterocycles. The molecule has 0 fully saturated rings. The fourth-order valence-corrected chi connectivity index (χ4v) is 3.06. The molecule has 116 valence electrons.